The minimum Gasteiger partial charge on any atom is -0.478 e. The van der Waals surface area contributed by atoms with Gasteiger partial charge in [-0.1, -0.05) is 20.8 Å². The molecule has 0 aliphatic rings. The summed E-state index contributed by atoms with van der Waals surface area (Å²) in [5.74, 6) is -0.999. The third-order valence-electron chi connectivity index (χ3n) is 3.29. The van der Waals surface area contributed by atoms with Crippen LogP contribution in [-0.4, -0.2) is 36.7 Å². The van der Waals surface area contributed by atoms with Crippen LogP contribution < -0.4 is 5.32 Å². The van der Waals surface area contributed by atoms with Crippen LogP contribution in [0.5, 0.6) is 0 Å². The van der Waals surface area contributed by atoms with Gasteiger partial charge in [-0.25, -0.2) is 14.6 Å². The fourth-order valence-corrected chi connectivity index (χ4v) is 1.09. The molecule has 0 atom stereocenters. The SMILES string of the molecule is CCC(C)(C)C(=O)NCCOOC/C(C)=C(\C)C(=O)O. The Labute approximate surface area is 120 Å². The second kappa shape index (κ2) is 8.71. The van der Waals surface area contributed by atoms with E-state index in [1.165, 1.54) is 6.92 Å². The van der Waals surface area contributed by atoms with E-state index in [1.54, 1.807) is 6.92 Å². The van der Waals surface area contributed by atoms with Crippen molar-refractivity contribution in [2.24, 2.45) is 5.41 Å². The largest absolute Gasteiger partial charge is 0.478 e. The van der Waals surface area contributed by atoms with Crippen molar-refractivity contribution >= 4 is 11.9 Å². The van der Waals surface area contributed by atoms with Crippen molar-refractivity contribution < 1.29 is 24.5 Å². The molecule has 20 heavy (non-hydrogen) atoms. The number of hydrogen-bond acceptors (Lipinski definition) is 4. The average molecular weight is 287 g/mol. The first-order valence-corrected chi connectivity index (χ1v) is 6.64. The van der Waals surface area contributed by atoms with E-state index >= 15 is 0 Å². The molecule has 0 fully saturated rings. The zero-order valence-corrected chi connectivity index (χ0v) is 12.9. The summed E-state index contributed by atoms with van der Waals surface area (Å²) in [7, 11) is 0. The molecule has 0 bridgehead atoms. The van der Waals surface area contributed by atoms with Crippen LogP contribution in [0, 0.1) is 5.41 Å². The molecule has 6 heteroatoms. The van der Waals surface area contributed by atoms with Crippen LogP contribution in [0.15, 0.2) is 11.1 Å². The maximum Gasteiger partial charge on any atom is 0.331 e. The lowest BCUT2D eigenvalue weighted by Crippen LogP contribution is -2.38. The number of rotatable bonds is 9. The van der Waals surface area contributed by atoms with Gasteiger partial charge >= 0.3 is 5.97 Å². The molecule has 0 heterocycles. The molecule has 0 aliphatic heterocycles. The molecule has 0 rings (SSSR count). The number of carbonyl (C=O) groups excluding carboxylic acids is 1. The lowest BCUT2D eigenvalue weighted by Gasteiger charge is -2.21. The quantitative estimate of drug-likeness (QED) is 0.293. The molecule has 2 N–H and O–H groups in total. The Hall–Kier alpha value is -1.40. The van der Waals surface area contributed by atoms with Crippen LogP contribution in [0.2, 0.25) is 0 Å². The molecule has 0 aliphatic carbocycles. The Kier molecular flexibility index (Phi) is 8.10. The summed E-state index contributed by atoms with van der Waals surface area (Å²) in [5.41, 5.74) is 0.443. The van der Waals surface area contributed by atoms with Crippen molar-refractivity contribution in [1.29, 1.82) is 0 Å². The predicted molar refractivity (Wildman–Crippen MR) is 75.0 cm³/mol. The predicted octanol–water partition coefficient (Wildman–Crippen LogP) is 1.91. The highest BCUT2D eigenvalue weighted by Crippen LogP contribution is 2.18. The summed E-state index contributed by atoms with van der Waals surface area (Å²) in [5, 5.41) is 11.5. The smallest absolute Gasteiger partial charge is 0.331 e. The summed E-state index contributed by atoms with van der Waals surface area (Å²) in [6.07, 6.45) is 0.759. The van der Waals surface area contributed by atoms with Crippen LogP contribution in [0.4, 0.5) is 0 Å². The second-order valence-electron chi connectivity index (χ2n) is 5.29. The molecular formula is C14H25NO5. The van der Waals surface area contributed by atoms with E-state index in [0.29, 0.717) is 12.1 Å². The Morgan fingerprint density at radius 3 is 2.30 bits per heavy atom. The summed E-state index contributed by atoms with van der Waals surface area (Å²) in [6.45, 7) is 9.54. The van der Waals surface area contributed by atoms with E-state index in [0.717, 1.165) is 6.42 Å². The maximum atomic E-state index is 11.7. The molecular weight excluding hydrogens is 262 g/mol. The molecule has 0 saturated carbocycles. The molecule has 0 aromatic rings. The monoisotopic (exact) mass is 287 g/mol. The van der Waals surface area contributed by atoms with Gasteiger partial charge in [-0.15, -0.1) is 0 Å². The number of carboxylic acid groups (broad SMARTS) is 1. The van der Waals surface area contributed by atoms with E-state index in [-0.39, 0.29) is 24.7 Å². The lowest BCUT2D eigenvalue weighted by molar-refractivity contribution is -0.286. The Morgan fingerprint density at radius 1 is 1.20 bits per heavy atom. The number of amides is 1. The molecule has 6 nitrogen and oxygen atoms in total. The van der Waals surface area contributed by atoms with Crippen molar-refractivity contribution in [2.45, 2.75) is 41.0 Å². The minimum absolute atomic E-state index is 0.0265. The van der Waals surface area contributed by atoms with E-state index in [2.05, 4.69) is 5.32 Å². The first-order valence-electron chi connectivity index (χ1n) is 6.64. The van der Waals surface area contributed by atoms with Gasteiger partial charge in [0.2, 0.25) is 5.91 Å². The van der Waals surface area contributed by atoms with E-state index in [1.807, 2.05) is 20.8 Å². The second-order valence-corrected chi connectivity index (χ2v) is 5.29. The van der Waals surface area contributed by atoms with Crippen LogP contribution in [-0.2, 0) is 19.4 Å². The summed E-state index contributed by atoms with van der Waals surface area (Å²) >= 11 is 0. The zero-order valence-electron chi connectivity index (χ0n) is 12.9. The molecule has 0 spiro atoms. The fourth-order valence-electron chi connectivity index (χ4n) is 1.09. The van der Waals surface area contributed by atoms with Crippen LogP contribution in [0.3, 0.4) is 0 Å². The van der Waals surface area contributed by atoms with E-state index < -0.39 is 11.4 Å². The first-order chi connectivity index (χ1) is 9.22. The van der Waals surface area contributed by atoms with Crippen molar-refractivity contribution in [1.82, 2.24) is 5.32 Å². The maximum absolute atomic E-state index is 11.7. The summed E-state index contributed by atoms with van der Waals surface area (Å²) in [6, 6.07) is 0. The van der Waals surface area contributed by atoms with E-state index in [9.17, 15) is 9.59 Å². The van der Waals surface area contributed by atoms with Gasteiger partial charge < -0.3 is 10.4 Å². The molecule has 116 valence electrons. The molecule has 0 aromatic carbocycles. The van der Waals surface area contributed by atoms with Gasteiger partial charge in [0, 0.05) is 17.5 Å². The van der Waals surface area contributed by atoms with Crippen molar-refractivity contribution in [3.8, 4) is 0 Å². The van der Waals surface area contributed by atoms with Gasteiger partial charge in [-0.05, 0) is 25.8 Å². The van der Waals surface area contributed by atoms with Gasteiger partial charge in [0.05, 0.1) is 6.61 Å². The van der Waals surface area contributed by atoms with Crippen molar-refractivity contribution in [3.63, 3.8) is 0 Å². The highest BCUT2D eigenvalue weighted by molar-refractivity contribution is 5.86. The zero-order chi connectivity index (χ0) is 15.8. The van der Waals surface area contributed by atoms with Crippen LogP contribution in [0.25, 0.3) is 0 Å². The highest BCUT2D eigenvalue weighted by atomic mass is 17.2. The summed E-state index contributed by atoms with van der Waals surface area (Å²) in [4.78, 5) is 32.2. The lowest BCUT2D eigenvalue weighted by atomic mass is 9.89. The number of carboxylic acids is 1. The highest BCUT2D eigenvalue weighted by Gasteiger charge is 2.24. The molecule has 0 aromatic heterocycles. The van der Waals surface area contributed by atoms with E-state index in [4.69, 9.17) is 14.9 Å². The van der Waals surface area contributed by atoms with Gasteiger partial charge in [-0.2, -0.15) is 0 Å². The fraction of sp³-hybridized carbons (Fsp3) is 0.714. The van der Waals surface area contributed by atoms with Gasteiger partial charge in [-0.3, -0.25) is 4.79 Å². The third kappa shape index (κ3) is 6.68. The third-order valence-corrected chi connectivity index (χ3v) is 3.29. The molecule has 0 unspecified atom stereocenters. The normalized spacial score (nSPS) is 12.8. The average Bonchev–Trinajstić information content (AvgIpc) is 2.40. The number of carbonyl (C=O) groups is 2. The molecule has 1 amide bonds. The van der Waals surface area contributed by atoms with Crippen LogP contribution in [0.1, 0.15) is 41.0 Å². The Bertz CT molecular complexity index is 374. The van der Waals surface area contributed by atoms with Gasteiger partial charge in [0.15, 0.2) is 0 Å². The first kappa shape index (κ1) is 18.6. The van der Waals surface area contributed by atoms with Crippen molar-refractivity contribution in [3.05, 3.63) is 11.1 Å². The van der Waals surface area contributed by atoms with Gasteiger partial charge in [0.25, 0.3) is 0 Å². The van der Waals surface area contributed by atoms with Gasteiger partial charge in [0.1, 0.15) is 6.61 Å². The standard InChI is InChI=1S/C14H25NO5/c1-6-14(4,5)13(18)15-7-8-19-20-9-10(2)11(3)12(16)17/h6-9H2,1-5H3,(H,15,18)(H,16,17)/b11-10+. The van der Waals surface area contributed by atoms with Crippen molar-refractivity contribution in [2.75, 3.05) is 19.8 Å². The summed E-state index contributed by atoms with van der Waals surface area (Å²) < 4.78 is 0. The molecule has 0 saturated heterocycles. The number of nitrogens with one attached hydrogen (secondary N) is 1. The van der Waals surface area contributed by atoms with Crippen LogP contribution >= 0.6 is 0 Å². The topological polar surface area (TPSA) is 84.9 Å². The minimum atomic E-state index is -0.972. The number of hydrogen-bond donors (Lipinski definition) is 2. The number of aliphatic carboxylic acids is 1. The Morgan fingerprint density at radius 2 is 1.80 bits per heavy atom. The molecule has 0 radical (unpaired) electrons. The Balaban J connectivity index is 3.82.